The van der Waals surface area contributed by atoms with Gasteiger partial charge in [0.2, 0.25) is 5.91 Å². The number of hydrogen-bond donors (Lipinski definition) is 1. The monoisotopic (exact) mass is 448 g/mol. The van der Waals surface area contributed by atoms with E-state index in [2.05, 4.69) is 31.2 Å². The molecule has 1 aliphatic rings. The van der Waals surface area contributed by atoms with Gasteiger partial charge < -0.3 is 5.32 Å². The van der Waals surface area contributed by atoms with Gasteiger partial charge in [-0.3, -0.25) is 19.8 Å². The van der Waals surface area contributed by atoms with Crippen molar-refractivity contribution in [1.82, 2.24) is 15.3 Å². The van der Waals surface area contributed by atoms with Crippen LogP contribution in [0.5, 0.6) is 0 Å². The number of rotatable bonds is 5. The number of fused-ring (bicyclic) bond motifs is 1. The Balaban J connectivity index is 1.50. The molecule has 1 atom stereocenters. The Bertz CT molecular complexity index is 1100. The van der Waals surface area contributed by atoms with Gasteiger partial charge in [0.25, 0.3) is 0 Å². The van der Waals surface area contributed by atoms with E-state index < -0.39 is 0 Å². The van der Waals surface area contributed by atoms with Gasteiger partial charge in [-0.2, -0.15) is 0 Å². The number of pyridine rings is 2. The van der Waals surface area contributed by atoms with Crippen molar-refractivity contribution < 1.29 is 4.79 Å². The third-order valence-electron chi connectivity index (χ3n) is 5.02. The molecule has 3 aromatic rings. The first-order chi connectivity index (χ1) is 14.0. The number of aliphatic imine (C=N–C) groups is 1. The Kier molecular flexibility index (Phi) is 5.53. The molecular formula is C23H21BrN4O. The number of hydrogen-bond acceptors (Lipinski definition) is 4. The molecule has 1 aliphatic heterocycles. The lowest BCUT2D eigenvalue weighted by Crippen LogP contribution is -2.28. The molecule has 0 saturated heterocycles. The van der Waals surface area contributed by atoms with E-state index in [0.717, 1.165) is 43.8 Å². The molecule has 0 fully saturated rings. The normalized spacial score (nSPS) is 13.6. The average Bonchev–Trinajstić information content (AvgIpc) is 3.15. The third-order valence-corrected chi connectivity index (χ3v) is 5.95. The molecule has 1 N–H and O–H groups in total. The minimum atomic E-state index is -0.0570. The van der Waals surface area contributed by atoms with Crippen LogP contribution in [0.2, 0.25) is 0 Å². The molecular weight excluding hydrogens is 428 g/mol. The van der Waals surface area contributed by atoms with Crippen molar-refractivity contribution in [3.8, 4) is 0 Å². The summed E-state index contributed by atoms with van der Waals surface area (Å²) in [6.07, 6.45) is 3.83. The first kappa shape index (κ1) is 19.5. The minimum absolute atomic E-state index is 0.0539. The number of nitrogens with zero attached hydrogens (tertiary/aromatic N) is 3. The van der Waals surface area contributed by atoms with Crippen molar-refractivity contribution in [1.29, 1.82) is 0 Å². The molecule has 1 aromatic carbocycles. The predicted molar refractivity (Wildman–Crippen MR) is 117 cm³/mol. The van der Waals surface area contributed by atoms with E-state index in [0.29, 0.717) is 6.54 Å². The van der Waals surface area contributed by atoms with Crippen LogP contribution in [-0.4, -0.2) is 21.6 Å². The summed E-state index contributed by atoms with van der Waals surface area (Å²) in [6.45, 7) is 4.52. The van der Waals surface area contributed by atoms with Crippen molar-refractivity contribution in [2.24, 2.45) is 4.99 Å². The minimum Gasteiger partial charge on any atom is -0.349 e. The van der Waals surface area contributed by atoms with Gasteiger partial charge in [0.15, 0.2) is 0 Å². The molecule has 29 heavy (non-hydrogen) atoms. The first-order valence-electron chi connectivity index (χ1n) is 9.51. The van der Waals surface area contributed by atoms with Gasteiger partial charge in [-0.15, -0.1) is 0 Å². The number of halogens is 1. The second-order valence-corrected chi connectivity index (χ2v) is 7.93. The molecule has 3 heterocycles. The zero-order chi connectivity index (χ0) is 20.4. The Morgan fingerprint density at radius 3 is 2.76 bits per heavy atom. The highest BCUT2D eigenvalue weighted by Gasteiger charge is 2.23. The lowest BCUT2D eigenvalue weighted by Gasteiger charge is -2.15. The summed E-state index contributed by atoms with van der Waals surface area (Å²) in [6, 6.07) is 13.9. The molecule has 146 valence electrons. The molecule has 6 heteroatoms. The lowest BCUT2D eigenvalue weighted by atomic mass is 10.0. The lowest BCUT2D eigenvalue weighted by molar-refractivity contribution is -0.121. The van der Waals surface area contributed by atoms with E-state index in [4.69, 9.17) is 4.99 Å². The predicted octanol–water partition coefficient (Wildman–Crippen LogP) is 4.32. The van der Waals surface area contributed by atoms with Gasteiger partial charge in [0, 0.05) is 39.3 Å². The van der Waals surface area contributed by atoms with E-state index in [-0.39, 0.29) is 18.4 Å². The maximum Gasteiger partial charge on any atom is 0.226 e. The molecule has 0 unspecified atom stereocenters. The summed E-state index contributed by atoms with van der Waals surface area (Å²) in [5.41, 5.74) is 6.79. The zero-order valence-electron chi connectivity index (χ0n) is 16.3. The van der Waals surface area contributed by atoms with Crippen LogP contribution in [0.4, 0.5) is 0 Å². The average molecular weight is 449 g/mol. The quantitative estimate of drug-likeness (QED) is 0.631. The smallest absolute Gasteiger partial charge is 0.226 e. The van der Waals surface area contributed by atoms with E-state index in [9.17, 15) is 4.79 Å². The summed E-state index contributed by atoms with van der Waals surface area (Å²) >= 11 is 3.66. The second kappa shape index (κ2) is 8.25. The van der Waals surface area contributed by atoms with Crippen molar-refractivity contribution >= 4 is 27.5 Å². The van der Waals surface area contributed by atoms with Gasteiger partial charge in [-0.05, 0) is 47.5 Å². The van der Waals surface area contributed by atoms with Crippen LogP contribution >= 0.6 is 15.9 Å². The summed E-state index contributed by atoms with van der Waals surface area (Å²) in [5, 5.41) is 3.05. The maximum atomic E-state index is 12.6. The van der Waals surface area contributed by atoms with Crippen molar-refractivity contribution in [3.63, 3.8) is 0 Å². The summed E-state index contributed by atoms with van der Waals surface area (Å²) in [5.74, 6) is -0.0570. The van der Waals surface area contributed by atoms with Crippen LogP contribution in [0, 0.1) is 6.92 Å². The molecule has 0 radical (unpaired) electrons. The van der Waals surface area contributed by atoms with Crippen LogP contribution in [0.15, 0.2) is 64.3 Å². The number of aromatic nitrogens is 2. The fraction of sp³-hybridized carbons (Fsp3) is 0.217. The van der Waals surface area contributed by atoms with E-state index >= 15 is 0 Å². The number of aryl methyl sites for hydroxylation is 1. The van der Waals surface area contributed by atoms with Crippen LogP contribution < -0.4 is 5.32 Å². The highest BCUT2D eigenvalue weighted by atomic mass is 79.9. The maximum absolute atomic E-state index is 12.6. The highest BCUT2D eigenvalue weighted by molar-refractivity contribution is 9.10. The fourth-order valence-corrected chi connectivity index (χ4v) is 4.09. The Morgan fingerprint density at radius 1 is 1.21 bits per heavy atom. The number of carbonyl (C=O) groups is 1. The summed E-state index contributed by atoms with van der Waals surface area (Å²) < 4.78 is 0.863. The summed E-state index contributed by atoms with van der Waals surface area (Å²) in [7, 11) is 0. The van der Waals surface area contributed by atoms with Gasteiger partial charge in [-0.1, -0.05) is 30.3 Å². The van der Waals surface area contributed by atoms with Crippen LogP contribution in [0.25, 0.3) is 0 Å². The number of amides is 1. The largest absolute Gasteiger partial charge is 0.349 e. The molecule has 5 nitrogen and oxygen atoms in total. The number of nitrogens with one attached hydrogen (secondary N) is 1. The Labute approximate surface area is 178 Å². The fourth-order valence-electron chi connectivity index (χ4n) is 3.50. The van der Waals surface area contributed by atoms with Gasteiger partial charge in [0.1, 0.15) is 0 Å². The number of carbonyl (C=O) groups excluding carboxylic acids is 1. The van der Waals surface area contributed by atoms with Crippen molar-refractivity contribution in [2.75, 3.05) is 0 Å². The van der Waals surface area contributed by atoms with Crippen LogP contribution in [0.1, 0.15) is 46.6 Å². The molecule has 0 spiro atoms. The second-order valence-electron chi connectivity index (χ2n) is 7.14. The molecule has 0 saturated carbocycles. The molecule has 0 aliphatic carbocycles. The molecule has 4 rings (SSSR count). The van der Waals surface area contributed by atoms with Crippen LogP contribution in [-0.2, 0) is 17.8 Å². The summed E-state index contributed by atoms with van der Waals surface area (Å²) in [4.78, 5) is 26.1. The zero-order valence-corrected chi connectivity index (χ0v) is 17.9. The Morgan fingerprint density at radius 2 is 2.00 bits per heavy atom. The molecule has 1 amide bonds. The van der Waals surface area contributed by atoms with E-state index in [1.165, 1.54) is 0 Å². The first-order valence-corrected chi connectivity index (χ1v) is 10.3. The topological polar surface area (TPSA) is 67.2 Å². The standard InChI is InChI=1S/C23H21BrN4O/c1-14-10-17(8-9-25-14)23-19-13-26-20(22(24)18(19)12-27-23)11-21(29)28-15(2)16-6-4-3-5-7-16/h3-10,13,15H,11-12H2,1-2H3,(H,28,29)/t15-/m1/s1. The van der Waals surface area contributed by atoms with Crippen LogP contribution in [0.3, 0.4) is 0 Å². The third kappa shape index (κ3) is 4.12. The van der Waals surface area contributed by atoms with E-state index in [1.807, 2.05) is 62.5 Å². The van der Waals surface area contributed by atoms with Gasteiger partial charge in [0.05, 0.1) is 30.4 Å². The number of benzene rings is 1. The SMILES string of the molecule is Cc1cc(C2=NCc3c2cnc(CC(=O)N[C@H](C)c2ccccc2)c3Br)ccn1. The van der Waals surface area contributed by atoms with Crippen molar-refractivity contribution in [2.45, 2.75) is 32.9 Å². The Hall–Kier alpha value is -2.86. The van der Waals surface area contributed by atoms with Gasteiger partial charge >= 0.3 is 0 Å². The van der Waals surface area contributed by atoms with Crippen molar-refractivity contribution in [3.05, 3.63) is 93.0 Å². The molecule has 2 aromatic heterocycles. The van der Waals surface area contributed by atoms with Gasteiger partial charge in [-0.25, -0.2) is 0 Å². The molecule has 0 bridgehead atoms. The van der Waals surface area contributed by atoms with E-state index in [1.54, 1.807) is 6.20 Å². The highest BCUT2D eigenvalue weighted by Crippen LogP contribution is 2.31.